The Morgan fingerprint density at radius 2 is 1.75 bits per heavy atom. The minimum atomic E-state index is -3.53. The number of hydrogen-bond acceptors (Lipinski definition) is 4. The molecule has 0 aliphatic heterocycles. The number of aromatic nitrogens is 2. The van der Waals surface area contributed by atoms with Gasteiger partial charge in [-0.2, -0.15) is 5.10 Å². The fraction of sp³-hybridized carbons (Fsp3) is 0.158. The van der Waals surface area contributed by atoms with Gasteiger partial charge < -0.3 is 5.32 Å². The van der Waals surface area contributed by atoms with Crippen LogP contribution in [0.5, 0.6) is 0 Å². The molecule has 0 saturated carbocycles. The first-order chi connectivity index (χ1) is 13.3. The zero-order valence-corrected chi connectivity index (χ0v) is 16.9. The van der Waals surface area contributed by atoms with Crippen molar-refractivity contribution in [1.82, 2.24) is 14.5 Å². The van der Waals surface area contributed by atoms with Crippen molar-refractivity contribution in [3.63, 3.8) is 0 Å². The van der Waals surface area contributed by atoms with Crippen LogP contribution in [0.4, 0.5) is 5.69 Å². The molecule has 2 aromatic carbocycles. The van der Waals surface area contributed by atoms with Crippen molar-refractivity contribution in [2.75, 3.05) is 12.4 Å². The molecule has 0 saturated heterocycles. The summed E-state index contributed by atoms with van der Waals surface area (Å²) in [6.45, 7) is 2.16. The van der Waals surface area contributed by atoms with Crippen LogP contribution in [0.15, 0.2) is 59.5 Å². The first-order valence-electron chi connectivity index (χ1n) is 8.43. The Balaban J connectivity index is 1.79. The van der Waals surface area contributed by atoms with Gasteiger partial charge in [-0.15, -0.1) is 0 Å². The molecule has 3 rings (SSSR count). The maximum atomic E-state index is 12.7. The number of amides is 1. The highest BCUT2D eigenvalue weighted by molar-refractivity contribution is 7.89. The van der Waals surface area contributed by atoms with Gasteiger partial charge in [0.05, 0.1) is 22.7 Å². The highest BCUT2D eigenvalue weighted by Gasteiger charge is 2.21. The number of sulfonamides is 1. The van der Waals surface area contributed by atoms with Crippen LogP contribution in [0.3, 0.4) is 0 Å². The Labute approximate surface area is 168 Å². The van der Waals surface area contributed by atoms with Crippen molar-refractivity contribution in [2.24, 2.45) is 0 Å². The van der Waals surface area contributed by atoms with Crippen LogP contribution in [0.2, 0.25) is 5.15 Å². The van der Waals surface area contributed by atoms with Crippen LogP contribution in [0, 0.1) is 6.92 Å². The molecule has 1 heterocycles. The average molecular weight is 419 g/mol. The lowest BCUT2D eigenvalue weighted by Crippen LogP contribution is -2.18. The van der Waals surface area contributed by atoms with Crippen molar-refractivity contribution in [3.05, 3.63) is 76.6 Å². The molecule has 0 aliphatic rings. The third-order valence-corrected chi connectivity index (χ3v) is 5.97. The normalized spacial score (nSPS) is 11.4. The fourth-order valence-corrected chi connectivity index (χ4v) is 3.75. The largest absolute Gasteiger partial charge is 0.322 e. The van der Waals surface area contributed by atoms with E-state index < -0.39 is 15.9 Å². The number of nitrogens with zero attached hydrogens (tertiary/aromatic N) is 2. The van der Waals surface area contributed by atoms with Gasteiger partial charge in [-0.3, -0.25) is 4.79 Å². The molecule has 0 bridgehead atoms. The van der Waals surface area contributed by atoms with Gasteiger partial charge >= 0.3 is 0 Å². The number of benzene rings is 2. The highest BCUT2D eigenvalue weighted by atomic mass is 35.5. The van der Waals surface area contributed by atoms with E-state index in [1.165, 1.54) is 31.3 Å². The van der Waals surface area contributed by atoms with Gasteiger partial charge in [-0.25, -0.2) is 17.8 Å². The lowest BCUT2D eigenvalue weighted by Gasteiger charge is -2.07. The summed E-state index contributed by atoms with van der Waals surface area (Å²) >= 11 is 6.40. The molecule has 3 aromatic rings. The summed E-state index contributed by atoms with van der Waals surface area (Å²) in [7, 11) is -2.20. The van der Waals surface area contributed by atoms with Crippen LogP contribution < -0.4 is 10.0 Å². The summed E-state index contributed by atoms with van der Waals surface area (Å²) < 4.78 is 27.4. The Morgan fingerprint density at radius 3 is 2.36 bits per heavy atom. The van der Waals surface area contributed by atoms with Crippen LogP contribution in [-0.4, -0.2) is 31.2 Å². The maximum absolute atomic E-state index is 12.7. The molecular formula is C19H19ClN4O3S. The molecule has 1 amide bonds. The number of carbonyl (C=O) groups is 1. The van der Waals surface area contributed by atoms with Gasteiger partial charge in [-0.1, -0.05) is 41.9 Å². The molecule has 0 atom stereocenters. The van der Waals surface area contributed by atoms with Crippen molar-refractivity contribution >= 4 is 33.2 Å². The third kappa shape index (κ3) is 4.24. The lowest BCUT2D eigenvalue weighted by atomic mass is 10.2. The molecule has 28 heavy (non-hydrogen) atoms. The van der Waals surface area contributed by atoms with Crippen LogP contribution in [-0.2, 0) is 16.6 Å². The average Bonchev–Trinajstić information content (AvgIpc) is 2.96. The molecule has 1 aromatic heterocycles. The number of rotatable bonds is 6. The van der Waals surface area contributed by atoms with Gasteiger partial charge in [0, 0.05) is 5.69 Å². The first kappa shape index (κ1) is 20.1. The van der Waals surface area contributed by atoms with E-state index in [0.29, 0.717) is 17.9 Å². The van der Waals surface area contributed by atoms with Crippen molar-refractivity contribution in [2.45, 2.75) is 18.4 Å². The summed E-state index contributed by atoms with van der Waals surface area (Å²) in [4.78, 5) is 12.8. The monoisotopic (exact) mass is 418 g/mol. The van der Waals surface area contributed by atoms with Crippen LogP contribution in [0.1, 0.15) is 21.6 Å². The number of anilines is 1. The zero-order chi connectivity index (χ0) is 20.3. The predicted octanol–water partition coefficient (Wildman–Crippen LogP) is 3.05. The number of nitrogens with one attached hydrogen (secondary N) is 2. The highest BCUT2D eigenvalue weighted by Crippen LogP contribution is 2.23. The Bertz CT molecular complexity index is 1090. The van der Waals surface area contributed by atoms with Crippen molar-refractivity contribution < 1.29 is 13.2 Å². The molecule has 0 fully saturated rings. The summed E-state index contributed by atoms with van der Waals surface area (Å²) in [5.74, 6) is -0.411. The number of hydrogen-bond donors (Lipinski definition) is 2. The van der Waals surface area contributed by atoms with E-state index in [1.54, 1.807) is 11.6 Å². The second-order valence-corrected chi connectivity index (χ2v) is 8.33. The van der Waals surface area contributed by atoms with E-state index in [9.17, 15) is 13.2 Å². The Kier molecular flexibility index (Phi) is 5.83. The molecule has 0 aliphatic carbocycles. The number of aryl methyl sites for hydroxylation is 1. The summed E-state index contributed by atoms with van der Waals surface area (Å²) in [5, 5.41) is 7.33. The molecule has 2 N–H and O–H groups in total. The topological polar surface area (TPSA) is 93.1 Å². The molecule has 0 unspecified atom stereocenters. The zero-order valence-electron chi connectivity index (χ0n) is 15.3. The second-order valence-electron chi connectivity index (χ2n) is 6.08. The maximum Gasteiger partial charge on any atom is 0.260 e. The summed E-state index contributed by atoms with van der Waals surface area (Å²) in [6, 6.07) is 15.5. The fourth-order valence-electron chi connectivity index (χ4n) is 2.70. The van der Waals surface area contributed by atoms with Crippen LogP contribution >= 0.6 is 11.6 Å². The number of carbonyl (C=O) groups excluding carboxylic acids is 1. The van der Waals surface area contributed by atoms with Crippen LogP contribution in [0.25, 0.3) is 0 Å². The van der Waals surface area contributed by atoms with E-state index in [4.69, 9.17) is 11.6 Å². The molecular weight excluding hydrogens is 400 g/mol. The molecule has 146 valence electrons. The van der Waals surface area contributed by atoms with E-state index in [2.05, 4.69) is 15.1 Å². The SMILES string of the molecule is CNS(=O)(=O)c1ccc(NC(=O)c2c(C)nn(Cc3ccccc3)c2Cl)cc1. The smallest absolute Gasteiger partial charge is 0.260 e. The molecule has 9 heteroatoms. The van der Waals surface area contributed by atoms with E-state index in [1.807, 2.05) is 30.3 Å². The van der Waals surface area contributed by atoms with Crippen molar-refractivity contribution in [3.8, 4) is 0 Å². The van der Waals surface area contributed by atoms with Gasteiger partial charge in [0.15, 0.2) is 0 Å². The van der Waals surface area contributed by atoms with Crippen molar-refractivity contribution in [1.29, 1.82) is 0 Å². The van der Waals surface area contributed by atoms with E-state index in [-0.39, 0.29) is 15.6 Å². The van der Waals surface area contributed by atoms with E-state index in [0.717, 1.165) is 5.56 Å². The minimum absolute atomic E-state index is 0.109. The lowest BCUT2D eigenvalue weighted by molar-refractivity contribution is 0.102. The standard InChI is InChI=1S/C19H19ClN4O3S/c1-13-17(18(20)24(23-13)12-14-6-4-3-5-7-14)19(25)22-15-8-10-16(11-9-15)28(26,27)21-2/h3-11,21H,12H2,1-2H3,(H,22,25). The second kappa shape index (κ2) is 8.14. The van der Waals surface area contributed by atoms with Gasteiger partial charge in [0.25, 0.3) is 5.91 Å². The van der Waals surface area contributed by atoms with Gasteiger partial charge in [0.1, 0.15) is 5.15 Å². The predicted molar refractivity (Wildman–Crippen MR) is 108 cm³/mol. The third-order valence-electron chi connectivity index (χ3n) is 4.16. The summed E-state index contributed by atoms with van der Waals surface area (Å²) in [6.07, 6.45) is 0. The Hall–Kier alpha value is -2.68. The van der Waals surface area contributed by atoms with E-state index >= 15 is 0 Å². The minimum Gasteiger partial charge on any atom is -0.322 e. The molecule has 7 nitrogen and oxygen atoms in total. The molecule has 0 spiro atoms. The summed E-state index contributed by atoms with van der Waals surface area (Å²) in [5.41, 5.74) is 2.25. The quantitative estimate of drug-likeness (QED) is 0.643. The van der Waals surface area contributed by atoms with Gasteiger partial charge in [-0.05, 0) is 43.8 Å². The van der Waals surface area contributed by atoms with Gasteiger partial charge in [0.2, 0.25) is 10.0 Å². The Morgan fingerprint density at radius 1 is 1.11 bits per heavy atom. The number of halogens is 1. The molecule has 0 radical (unpaired) electrons. The first-order valence-corrected chi connectivity index (χ1v) is 10.3.